The van der Waals surface area contributed by atoms with Crippen LogP contribution in [0.15, 0.2) is 26.0 Å². The first-order chi connectivity index (χ1) is 13.3. The van der Waals surface area contributed by atoms with Crippen LogP contribution in [0.3, 0.4) is 0 Å². The topological polar surface area (TPSA) is 85.1 Å². The number of aromatic nitrogens is 1. The molecule has 0 N–H and O–H groups in total. The molecule has 10 heteroatoms. The molecule has 0 radical (unpaired) electrons. The Hall–Kier alpha value is -1.62. The van der Waals surface area contributed by atoms with Gasteiger partial charge in [0.05, 0.1) is 18.7 Å². The number of aryl methyl sites for hydroxylation is 2. The lowest BCUT2D eigenvalue weighted by atomic mass is 10.1. The minimum Gasteiger partial charge on any atom is -0.496 e. The molecule has 0 atom stereocenters. The summed E-state index contributed by atoms with van der Waals surface area (Å²) in [6, 6.07) is 3.82. The SMILES string of the molecule is COc1cc(CN2CCN(S(=O)(=O)c3c(C)noc3C)CC2)c(OC)cc1Br. The summed E-state index contributed by atoms with van der Waals surface area (Å²) in [4.78, 5) is 2.38. The van der Waals surface area contributed by atoms with Gasteiger partial charge in [-0.15, -0.1) is 0 Å². The molecule has 0 saturated carbocycles. The zero-order valence-corrected chi connectivity index (χ0v) is 18.8. The van der Waals surface area contributed by atoms with Gasteiger partial charge in [0, 0.05) is 38.3 Å². The van der Waals surface area contributed by atoms with Crippen LogP contribution in [0, 0.1) is 13.8 Å². The molecule has 0 spiro atoms. The van der Waals surface area contributed by atoms with Crippen molar-refractivity contribution in [2.45, 2.75) is 25.3 Å². The summed E-state index contributed by atoms with van der Waals surface area (Å²) in [5.41, 5.74) is 1.39. The lowest BCUT2D eigenvalue weighted by Crippen LogP contribution is -2.48. The third kappa shape index (κ3) is 4.05. The second-order valence-corrected chi connectivity index (χ2v) is 9.36. The molecule has 3 rings (SSSR count). The van der Waals surface area contributed by atoms with Crippen LogP contribution in [0.5, 0.6) is 11.5 Å². The number of piperazine rings is 1. The van der Waals surface area contributed by atoms with Crippen LogP contribution in [-0.2, 0) is 16.6 Å². The number of ether oxygens (including phenoxy) is 2. The normalized spacial score (nSPS) is 16.3. The first-order valence-electron chi connectivity index (χ1n) is 8.83. The van der Waals surface area contributed by atoms with Crippen LogP contribution in [0.1, 0.15) is 17.0 Å². The molecule has 0 amide bonds. The van der Waals surface area contributed by atoms with E-state index in [-0.39, 0.29) is 4.90 Å². The third-order valence-electron chi connectivity index (χ3n) is 4.85. The van der Waals surface area contributed by atoms with E-state index < -0.39 is 10.0 Å². The Bertz CT molecular complexity index is 933. The van der Waals surface area contributed by atoms with Gasteiger partial charge in [-0.05, 0) is 41.9 Å². The lowest BCUT2D eigenvalue weighted by Gasteiger charge is -2.34. The van der Waals surface area contributed by atoms with E-state index in [0.717, 1.165) is 21.5 Å². The Morgan fingerprint density at radius 1 is 1.11 bits per heavy atom. The van der Waals surface area contributed by atoms with E-state index in [0.29, 0.717) is 44.2 Å². The van der Waals surface area contributed by atoms with Crippen molar-refractivity contribution in [2.75, 3.05) is 40.4 Å². The van der Waals surface area contributed by atoms with Gasteiger partial charge >= 0.3 is 0 Å². The van der Waals surface area contributed by atoms with Crippen LogP contribution < -0.4 is 9.47 Å². The fraction of sp³-hybridized carbons (Fsp3) is 0.500. The average molecular weight is 474 g/mol. The molecule has 1 fully saturated rings. The van der Waals surface area contributed by atoms with E-state index in [9.17, 15) is 8.42 Å². The number of methoxy groups -OCH3 is 2. The molecule has 1 aliphatic heterocycles. The Balaban J connectivity index is 1.71. The van der Waals surface area contributed by atoms with Gasteiger partial charge in [-0.3, -0.25) is 4.90 Å². The maximum Gasteiger partial charge on any atom is 0.248 e. The minimum atomic E-state index is -3.61. The van der Waals surface area contributed by atoms with Crippen LogP contribution in [0.4, 0.5) is 0 Å². The van der Waals surface area contributed by atoms with E-state index in [4.69, 9.17) is 14.0 Å². The highest BCUT2D eigenvalue weighted by atomic mass is 79.9. The second-order valence-electron chi connectivity index (χ2n) is 6.63. The van der Waals surface area contributed by atoms with Crippen LogP contribution in [0.2, 0.25) is 0 Å². The van der Waals surface area contributed by atoms with Crippen molar-refractivity contribution in [1.29, 1.82) is 0 Å². The monoisotopic (exact) mass is 473 g/mol. The van der Waals surface area contributed by atoms with Crippen LogP contribution in [0.25, 0.3) is 0 Å². The molecule has 0 bridgehead atoms. The fourth-order valence-corrected chi connectivity index (χ4v) is 5.59. The summed E-state index contributed by atoms with van der Waals surface area (Å²) in [5.74, 6) is 1.82. The molecule has 8 nitrogen and oxygen atoms in total. The molecular weight excluding hydrogens is 450 g/mol. The predicted octanol–water partition coefficient (Wildman–Crippen LogP) is 2.58. The summed E-state index contributed by atoms with van der Waals surface area (Å²) in [6.07, 6.45) is 0. The summed E-state index contributed by atoms with van der Waals surface area (Å²) >= 11 is 3.46. The number of nitrogens with zero attached hydrogens (tertiary/aromatic N) is 3. The zero-order valence-electron chi connectivity index (χ0n) is 16.4. The average Bonchev–Trinajstić information content (AvgIpc) is 3.02. The molecule has 154 valence electrons. The number of sulfonamides is 1. The largest absolute Gasteiger partial charge is 0.496 e. The Morgan fingerprint density at radius 2 is 1.75 bits per heavy atom. The third-order valence-corrected chi connectivity index (χ3v) is 7.61. The van der Waals surface area contributed by atoms with Gasteiger partial charge in [0.15, 0.2) is 5.76 Å². The van der Waals surface area contributed by atoms with Gasteiger partial charge in [-0.1, -0.05) is 5.16 Å². The van der Waals surface area contributed by atoms with Gasteiger partial charge < -0.3 is 14.0 Å². The van der Waals surface area contributed by atoms with E-state index in [1.807, 2.05) is 12.1 Å². The molecule has 2 aromatic rings. The number of halogens is 1. The van der Waals surface area contributed by atoms with E-state index >= 15 is 0 Å². The first kappa shape index (κ1) is 21.1. The summed E-state index contributed by atoms with van der Waals surface area (Å²) in [5, 5.41) is 3.77. The van der Waals surface area contributed by atoms with Crippen molar-refractivity contribution in [1.82, 2.24) is 14.4 Å². The van der Waals surface area contributed by atoms with E-state index in [1.54, 1.807) is 28.1 Å². The Morgan fingerprint density at radius 3 is 2.29 bits per heavy atom. The maximum atomic E-state index is 12.9. The van der Waals surface area contributed by atoms with Crippen molar-refractivity contribution < 1.29 is 22.4 Å². The Labute approximate surface area is 173 Å². The predicted molar refractivity (Wildman–Crippen MR) is 107 cm³/mol. The lowest BCUT2D eigenvalue weighted by molar-refractivity contribution is 0.179. The quantitative estimate of drug-likeness (QED) is 0.636. The fourth-order valence-electron chi connectivity index (χ4n) is 3.39. The standard InChI is InChI=1S/C18H24BrN3O5S/c1-12-18(13(2)27-20-12)28(23,24)22-7-5-21(6-8-22)11-14-9-17(26-4)15(19)10-16(14)25-3/h9-10H,5-8,11H2,1-4H3. The van der Waals surface area contributed by atoms with Gasteiger partial charge in [0.25, 0.3) is 0 Å². The summed E-state index contributed by atoms with van der Waals surface area (Å²) in [7, 11) is -0.355. The molecule has 2 heterocycles. The highest BCUT2D eigenvalue weighted by Crippen LogP contribution is 2.33. The van der Waals surface area contributed by atoms with Crippen LogP contribution in [-0.4, -0.2) is 63.2 Å². The molecule has 1 aromatic carbocycles. The van der Waals surface area contributed by atoms with Crippen molar-refractivity contribution in [3.63, 3.8) is 0 Å². The molecule has 1 saturated heterocycles. The van der Waals surface area contributed by atoms with Gasteiger partial charge in [-0.2, -0.15) is 4.31 Å². The highest BCUT2D eigenvalue weighted by Gasteiger charge is 2.33. The molecule has 1 aromatic heterocycles. The van der Waals surface area contributed by atoms with Crippen molar-refractivity contribution in [3.8, 4) is 11.5 Å². The summed E-state index contributed by atoms with van der Waals surface area (Å²) in [6.45, 7) is 5.95. The van der Waals surface area contributed by atoms with Crippen LogP contribution >= 0.6 is 15.9 Å². The number of rotatable bonds is 6. The molecule has 1 aliphatic rings. The molecule has 28 heavy (non-hydrogen) atoms. The van der Waals surface area contributed by atoms with Gasteiger partial charge in [0.2, 0.25) is 10.0 Å². The summed E-state index contributed by atoms with van der Waals surface area (Å²) < 4.78 is 44.1. The molecule has 0 aliphatic carbocycles. The van der Waals surface area contributed by atoms with Gasteiger partial charge in [0.1, 0.15) is 22.1 Å². The zero-order chi connectivity index (χ0) is 20.5. The smallest absolute Gasteiger partial charge is 0.248 e. The van der Waals surface area contributed by atoms with E-state index in [2.05, 4.69) is 26.0 Å². The number of hydrogen-bond donors (Lipinski definition) is 0. The van der Waals surface area contributed by atoms with Crippen molar-refractivity contribution in [2.24, 2.45) is 0 Å². The first-order valence-corrected chi connectivity index (χ1v) is 11.1. The van der Waals surface area contributed by atoms with E-state index in [1.165, 1.54) is 4.31 Å². The number of hydrogen-bond acceptors (Lipinski definition) is 7. The molecular formula is C18H24BrN3O5S. The molecule has 0 unspecified atom stereocenters. The van der Waals surface area contributed by atoms with Gasteiger partial charge in [-0.25, -0.2) is 8.42 Å². The maximum absolute atomic E-state index is 12.9. The Kier molecular flexibility index (Phi) is 6.33. The number of benzene rings is 1. The second kappa shape index (κ2) is 8.40. The van der Waals surface area contributed by atoms with Crippen molar-refractivity contribution >= 4 is 26.0 Å². The highest BCUT2D eigenvalue weighted by molar-refractivity contribution is 9.10. The van der Waals surface area contributed by atoms with Crippen molar-refractivity contribution in [3.05, 3.63) is 33.6 Å². The minimum absolute atomic E-state index is 0.181.